The van der Waals surface area contributed by atoms with Gasteiger partial charge in [-0.05, 0) is 31.5 Å². The van der Waals surface area contributed by atoms with Gasteiger partial charge in [0.1, 0.15) is 5.41 Å². The predicted molar refractivity (Wildman–Crippen MR) is 117 cm³/mol. The lowest BCUT2D eigenvalue weighted by Crippen LogP contribution is -2.83. The number of ether oxygens (including phenoxy) is 1. The number of carbonyl (C=O) groups is 1. The van der Waals surface area contributed by atoms with Crippen LogP contribution in [0.4, 0.5) is 22.0 Å². The zero-order valence-electron chi connectivity index (χ0n) is 19.9. The van der Waals surface area contributed by atoms with E-state index in [4.69, 9.17) is 4.74 Å². The number of benzene rings is 1. The maximum Gasteiger partial charge on any atom is 0.477 e. The van der Waals surface area contributed by atoms with E-state index in [0.717, 1.165) is 10.6 Å². The Morgan fingerprint density at radius 2 is 1.57 bits per heavy atom. The van der Waals surface area contributed by atoms with Crippen LogP contribution >= 0.6 is 0 Å². The minimum Gasteiger partial charge on any atom is -0.461 e. The summed E-state index contributed by atoms with van der Waals surface area (Å²) in [7, 11) is 1.18. The molecule has 35 heavy (non-hydrogen) atoms. The summed E-state index contributed by atoms with van der Waals surface area (Å²) >= 11 is 0. The molecule has 0 bridgehead atoms. The van der Waals surface area contributed by atoms with E-state index in [1.807, 2.05) is 0 Å². The monoisotopic (exact) mass is 492 g/mol. The van der Waals surface area contributed by atoms with Crippen molar-refractivity contribution in [2.45, 2.75) is 50.9 Å². The van der Waals surface area contributed by atoms with E-state index in [2.05, 4.69) is 0 Å². The van der Waals surface area contributed by atoms with Crippen molar-refractivity contribution in [2.75, 3.05) is 7.11 Å². The molecule has 0 unspecified atom stereocenters. The third-order valence-electron chi connectivity index (χ3n) is 7.08. The molecule has 1 atom stereocenters. The lowest BCUT2D eigenvalue weighted by Gasteiger charge is -2.41. The molecule has 0 fully saturated rings. The normalized spacial score (nSPS) is 19.0. The van der Waals surface area contributed by atoms with Crippen LogP contribution in [0.25, 0.3) is 11.3 Å². The van der Waals surface area contributed by atoms with Gasteiger partial charge in [0.05, 0.1) is 19.6 Å². The van der Waals surface area contributed by atoms with Gasteiger partial charge in [0.15, 0.2) is 6.20 Å². The second-order valence-corrected chi connectivity index (χ2v) is 9.37. The molecule has 0 N–H and O–H groups in total. The molecule has 0 saturated carbocycles. The number of nitrogens with zero attached hydrogens (tertiary/aromatic N) is 2. The van der Waals surface area contributed by atoms with Crippen LogP contribution in [0.3, 0.4) is 0 Å². The Balaban J connectivity index is 2.26. The van der Waals surface area contributed by atoms with Gasteiger partial charge < -0.3 is 4.74 Å². The van der Waals surface area contributed by atoms with Crippen LogP contribution in [0.2, 0.25) is 0 Å². The van der Waals surface area contributed by atoms with Crippen molar-refractivity contribution in [1.82, 2.24) is 0 Å². The molecule has 1 aliphatic rings. The average Bonchev–Trinajstić information content (AvgIpc) is 2.80. The van der Waals surface area contributed by atoms with E-state index in [9.17, 15) is 26.7 Å². The summed E-state index contributed by atoms with van der Waals surface area (Å²) in [5.41, 5.74) is -3.60. The van der Waals surface area contributed by atoms with E-state index >= 15 is 0 Å². The second-order valence-electron chi connectivity index (χ2n) is 9.37. The van der Waals surface area contributed by atoms with Gasteiger partial charge in [-0.3, -0.25) is 0 Å². The number of esters is 1. The smallest absolute Gasteiger partial charge is 0.461 e. The molecule has 0 radical (unpaired) electrons. The Morgan fingerprint density at radius 1 is 0.943 bits per heavy atom. The van der Waals surface area contributed by atoms with Gasteiger partial charge in [-0.25, -0.2) is 13.6 Å². The molecule has 1 aliphatic heterocycles. The number of methoxy groups -OCH3 is 1. The minimum atomic E-state index is -4.97. The highest BCUT2D eigenvalue weighted by atomic mass is 19.4. The number of carbonyl (C=O) groups excluding carboxylic acids is 1. The number of hydrogen-bond acceptors (Lipinski definition) is 2. The Morgan fingerprint density at radius 3 is 2.17 bits per heavy atom. The van der Waals surface area contributed by atoms with E-state index in [1.54, 1.807) is 57.2 Å². The van der Waals surface area contributed by atoms with Crippen LogP contribution in [0.5, 0.6) is 0 Å². The SMILES string of the molecule is COC(=O)c1cccc[n+]1[C@]1(C)[n+]2c(cc(C(C)(F)F)cc2C(F)(F)F)-c2ccccc2C1(C)C. The number of hydrogen-bond donors (Lipinski definition) is 0. The molecule has 0 aliphatic carbocycles. The van der Waals surface area contributed by atoms with E-state index in [-0.39, 0.29) is 11.4 Å². The van der Waals surface area contributed by atoms with Crippen molar-refractivity contribution < 1.29 is 40.6 Å². The van der Waals surface area contributed by atoms with Crippen molar-refractivity contribution in [1.29, 1.82) is 0 Å². The summed E-state index contributed by atoms with van der Waals surface area (Å²) in [6.07, 6.45) is -3.47. The highest BCUT2D eigenvalue weighted by Gasteiger charge is 2.67. The fraction of sp³-hybridized carbons (Fsp3) is 0.346. The number of pyridine rings is 2. The van der Waals surface area contributed by atoms with Gasteiger partial charge in [-0.1, -0.05) is 18.2 Å². The first kappa shape index (κ1) is 24.8. The van der Waals surface area contributed by atoms with Gasteiger partial charge in [0.2, 0.25) is 5.69 Å². The number of halogens is 5. The lowest BCUT2D eigenvalue weighted by molar-refractivity contribution is -1.00. The molecular formula is C26H25F5N2O2+2. The number of fused-ring (bicyclic) bond motifs is 3. The molecule has 4 nitrogen and oxygen atoms in total. The van der Waals surface area contributed by atoms with Crippen LogP contribution in [0.15, 0.2) is 60.8 Å². The molecule has 0 spiro atoms. The number of rotatable bonds is 3. The molecule has 0 amide bonds. The Kier molecular flexibility index (Phi) is 5.54. The summed E-state index contributed by atoms with van der Waals surface area (Å²) < 4.78 is 79.9. The number of alkyl halides is 5. The fourth-order valence-electron chi connectivity index (χ4n) is 5.01. The highest BCUT2D eigenvalue weighted by molar-refractivity contribution is 5.85. The number of aromatic nitrogens is 2. The molecule has 2 aromatic heterocycles. The summed E-state index contributed by atoms with van der Waals surface area (Å²) in [6, 6.07) is 13.0. The van der Waals surface area contributed by atoms with Crippen molar-refractivity contribution in [3.05, 3.63) is 83.3 Å². The third-order valence-corrected chi connectivity index (χ3v) is 7.08. The van der Waals surface area contributed by atoms with Gasteiger partial charge >= 0.3 is 17.8 Å². The maximum atomic E-state index is 14.6. The topological polar surface area (TPSA) is 34.1 Å². The molecule has 4 rings (SSSR count). The first-order valence-electron chi connectivity index (χ1n) is 10.9. The van der Waals surface area contributed by atoms with E-state index < -0.39 is 40.4 Å². The van der Waals surface area contributed by atoms with Gasteiger partial charge in [0.25, 0.3) is 17.3 Å². The molecule has 9 heteroatoms. The minimum absolute atomic E-state index is 0.0152. The van der Waals surface area contributed by atoms with Crippen LogP contribution in [0, 0.1) is 0 Å². The highest BCUT2D eigenvalue weighted by Crippen LogP contribution is 2.47. The molecule has 1 aromatic carbocycles. The van der Waals surface area contributed by atoms with Gasteiger partial charge in [0, 0.05) is 36.8 Å². The van der Waals surface area contributed by atoms with Crippen LogP contribution in [0.1, 0.15) is 55.0 Å². The molecule has 3 heterocycles. The fourth-order valence-corrected chi connectivity index (χ4v) is 5.01. The molecule has 184 valence electrons. The maximum absolute atomic E-state index is 14.6. The predicted octanol–water partition coefficient (Wildman–Crippen LogP) is 5.36. The van der Waals surface area contributed by atoms with Gasteiger partial charge in [-0.15, -0.1) is 9.13 Å². The zero-order valence-corrected chi connectivity index (χ0v) is 19.9. The lowest BCUT2D eigenvalue weighted by atomic mass is 9.68. The van der Waals surface area contributed by atoms with E-state index in [0.29, 0.717) is 24.1 Å². The Bertz CT molecular complexity index is 1330. The molecule has 0 saturated heterocycles. The van der Waals surface area contributed by atoms with Crippen LogP contribution in [-0.4, -0.2) is 13.1 Å². The largest absolute Gasteiger partial charge is 0.477 e. The summed E-state index contributed by atoms with van der Waals surface area (Å²) in [5.74, 6) is -4.25. The Labute approximate surface area is 199 Å². The average molecular weight is 492 g/mol. The third kappa shape index (κ3) is 3.59. The first-order valence-corrected chi connectivity index (χ1v) is 10.9. The Hall–Kier alpha value is -3.36. The van der Waals surface area contributed by atoms with E-state index in [1.165, 1.54) is 23.9 Å². The summed E-state index contributed by atoms with van der Waals surface area (Å²) in [5, 5.41) is 0. The van der Waals surface area contributed by atoms with Gasteiger partial charge in [-0.2, -0.15) is 13.2 Å². The zero-order chi connectivity index (χ0) is 26.0. The standard InChI is InChI=1S/C26H25F5N2O2/c1-23(2)18-11-7-6-10-17(18)20-14-16(24(3,27)28)15-21(26(29,30)31)33(20)25(23,4)32-13-9-8-12-19(32)22(34)35-5/h6-15H,1-5H3/q+2/t25-/m1/s1. The second kappa shape index (κ2) is 7.83. The molecule has 3 aromatic rings. The van der Waals surface area contributed by atoms with Crippen molar-refractivity contribution in [3.8, 4) is 11.3 Å². The summed E-state index contributed by atoms with van der Waals surface area (Å²) in [4.78, 5) is 12.7. The van der Waals surface area contributed by atoms with Crippen LogP contribution < -0.4 is 9.13 Å². The quantitative estimate of drug-likeness (QED) is 0.280. The van der Waals surface area contributed by atoms with Crippen molar-refractivity contribution in [2.24, 2.45) is 0 Å². The first-order chi connectivity index (χ1) is 16.2. The van der Waals surface area contributed by atoms with Crippen molar-refractivity contribution >= 4 is 5.97 Å². The summed E-state index contributed by atoms with van der Waals surface area (Å²) in [6.45, 7) is 5.67. The van der Waals surface area contributed by atoms with Crippen molar-refractivity contribution in [3.63, 3.8) is 0 Å². The van der Waals surface area contributed by atoms with Crippen LogP contribution in [-0.2, 0) is 27.9 Å². The molecular weight excluding hydrogens is 467 g/mol.